The number of aromatic nitrogens is 2. The van der Waals surface area contributed by atoms with Crippen LogP contribution in [0.3, 0.4) is 0 Å². The predicted octanol–water partition coefficient (Wildman–Crippen LogP) is 2.00. The minimum absolute atomic E-state index is 0.191. The van der Waals surface area contributed by atoms with Gasteiger partial charge in [0.05, 0.1) is 5.69 Å². The summed E-state index contributed by atoms with van der Waals surface area (Å²) >= 11 is 0. The number of carbonyl (C=O) groups is 1. The van der Waals surface area contributed by atoms with Crippen molar-refractivity contribution in [1.29, 1.82) is 0 Å². The summed E-state index contributed by atoms with van der Waals surface area (Å²) in [4.78, 5) is 11.4. The third-order valence-corrected chi connectivity index (χ3v) is 4.50. The Hall–Kier alpha value is -1.69. The molecule has 1 fully saturated rings. The Kier molecular flexibility index (Phi) is 5.12. The number of carboxylic acids is 1. The molecule has 0 aromatic carbocycles. The fourth-order valence-corrected chi connectivity index (χ4v) is 3.02. The van der Waals surface area contributed by atoms with E-state index in [4.69, 9.17) is 0 Å². The van der Waals surface area contributed by atoms with Crippen molar-refractivity contribution in [1.82, 2.24) is 10.2 Å². The van der Waals surface area contributed by atoms with Gasteiger partial charge in [0.2, 0.25) is 0 Å². The molecule has 1 aliphatic rings. The van der Waals surface area contributed by atoms with E-state index >= 15 is 0 Å². The Morgan fingerprint density at radius 2 is 1.90 bits per heavy atom. The van der Waals surface area contributed by atoms with E-state index in [1.807, 2.05) is 0 Å². The van der Waals surface area contributed by atoms with Gasteiger partial charge in [-0.3, -0.25) is 0 Å². The molecule has 1 aromatic heterocycles. The first-order valence-corrected chi connectivity index (χ1v) is 7.46. The molecule has 6 nitrogen and oxygen atoms in total. The summed E-state index contributed by atoms with van der Waals surface area (Å²) in [6.07, 6.45) is 4.41. The molecule has 0 aliphatic heterocycles. The van der Waals surface area contributed by atoms with E-state index in [-0.39, 0.29) is 12.2 Å². The highest BCUT2D eigenvalue weighted by molar-refractivity contribution is 5.94. The molecule has 6 heteroatoms. The van der Waals surface area contributed by atoms with E-state index in [0.29, 0.717) is 35.5 Å². The van der Waals surface area contributed by atoms with Crippen molar-refractivity contribution in [2.75, 3.05) is 18.5 Å². The highest BCUT2D eigenvalue weighted by Gasteiger charge is 2.25. The first-order valence-electron chi connectivity index (χ1n) is 7.46. The molecule has 1 saturated carbocycles. The van der Waals surface area contributed by atoms with Gasteiger partial charge in [-0.2, -0.15) is 5.10 Å². The van der Waals surface area contributed by atoms with Crippen LogP contribution >= 0.6 is 0 Å². The lowest BCUT2D eigenvalue weighted by Crippen LogP contribution is -2.29. The lowest BCUT2D eigenvalue weighted by atomic mass is 9.79. The van der Waals surface area contributed by atoms with E-state index in [1.165, 1.54) is 0 Å². The number of aliphatic hydroxyl groups excluding tert-OH is 1. The number of nitrogens with zero attached hydrogens (tertiary/aromatic N) is 2. The van der Waals surface area contributed by atoms with Crippen LogP contribution in [0.2, 0.25) is 0 Å². The van der Waals surface area contributed by atoms with Crippen LogP contribution in [0.4, 0.5) is 5.82 Å². The highest BCUT2D eigenvalue weighted by atomic mass is 16.4. The summed E-state index contributed by atoms with van der Waals surface area (Å²) in [6, 6.07) is 0. The van der Waals surface area contributed by atoms with Crippen LogP contribution in [0.15, 0.2) is 0 Å². The van der Waals surface area contributed by atoms with E-state index in [9.17, 15) is 15.0 Å². The Labute approximate surface area is 124 Å². The number of anilines is 1. The van der Waals surface area contributed by atoms with Gasteiger partial charge in [0.25, 0.3) is 0 Å². The van der Waals surface area contributed by atoms with Gasteiger partial charge in [0.15, 0.2) is 5.82 Å². The first-order chi connectivity index (χ1) is 10.0. The normalized spacial score (nSPS) is 22.0. The van der Waals surface area contributed by atoms with Crippen molar-refractivity contribution in [2.45, 2.75) is 39.5 Å². The molecule has 0 saturated heterocycles. The molecule has 2 unspecified atom stereocenters. The van der Waals surface area contributed by atoms with Crippen LogP contribution in [0.25, 0.3) is 0 Å². The summed E-state index contributed by atoms with van der Waals surface area (Å²) in [7, 11) is 0. The predicted molar refractivity (Wildman–Crippen MR) is 79.5 cm³/mol. The summed E-state index contributed by atoms with van der Waals surface area (Å²) in [5.74, 6) is -0.0175. The number of carboxylic acid groups (broad SMARTS) is 1. The van der Waals surface area contributed by atoms with Gasteiger partial charge in [-0.25, -0.2) is 4.79 Å². The zero-order chi connectivity index (χ0) is 15.4. The Balaban J connectivity index is 2.12. The molecular formula is C15H23N3O3. The number of aryl methyl sites for hydroxylation is 1. The van der Waals surface area contributed by atoms with E-state index in [0.717, 1.165) is 25.7 Å². The molecule has 0 amide bonds. The number of hydrogen-bond donors (Lipinski definition) is 3. The number of aliphatic hydroxyl groups is 1. The van der Waals surface area contributed by atoms with Gasteiger partial charge in [-0.1, -0.05) is 12.8 Å². The number of aromatic carboxylic acids is 1. The van der Waals surface area contributed by atoms with Gasteiger partial charge >= 0.3 is 5.97 Å². The second-order valence-corrected chi connectivity index (χ2v) is 5.81. The molecule has 0 radical (unpaired) electrons. The standard InChI is InChI=1S/C15H23N3O3/c1-9-10(2)17-18-14(13(9)15(20)21)16-7-11-5-3-4-6-12(11)8-19/h11-12,19H,3-8H2,1-2H3,(H,16,18)(H,20,21). The SMILES string of the molecule is Cc1nnc(NCC2CCCCC2CO)c(C(=O)O)c1C. The minimum atomic E-state index is -0.990. The van der Waals surface area contributed by atoms with Gasteiger partial charge in [0.1, 0.15) is 5.56 Å². The smallest absolute Gasteiger partial charge is 0.339 e. The molecule has 1 heterocycles. The van der Waals surface area contributed by atoms with Crippen molar-refractivity contribution in [3.63, 3.8) is 0 Å². The first kappa shape index (κ1) is 15.7. The van der Waals surface area contributed by atoms with Crippen molar-refractivity contribution in [3.05, 3.63) is 16.8 Å². The van der Waals surface area contributed by atoms with Gasteiger partial charge in [0, 0.05) is 13.2 Å². The zero-order valence-corrected chi connectivity index (χ0v) is 12.6. The number of nitrogens with one attached hydrogen (secondary N) is 1. The van der Waals surface area contributed by atoms with Crippen LogP contribution in [-0.4, -0.2) is 39.5 Å². The minimum Gasteiger partial charge on any atom is -0.478 e. The van der Waals surface area contributed by atoms with Crippen LogP contribution < -0.4 is 5.32 Å². The number of hydrogen-bond acceptors (Lipinski definition) is 5. The Morgan fingerprint density at radius 3 is 2.52 bits per heavy atom. The van der Waals surface area contributed by atoms with E-state index in [2.05, 4.69) is 15.5 Å². The van der Waals surface area contributed by atoms with Gasteiger partial charge in [-0.15, -0.1) is 5.10 Å². The lowest BCUT2D eigenvalue weighted by Gasteiger charge is -2.30. The van der Waals surface area contributed by atoms with E-state index in [1.54, 1.807) is 13.8 Å². The largest absolute Gasteiger partial charge is 0.478 e. The van der Waals surface area contributed by atoms with Gasteiger partial charge < -0.3 is 15.5 Å². The highest BCUT2D eigenvalue weighted by Crippen LogP contribution is 2.30. The van der Waals surface area contributed by atoms with Crippen LogP contribution in [0.5, 0.6) is 0 Å². The van der Waals surface area contributed by atoms with E-state index < -0.39 is 5.97 Å². The molecule has 0 spiro atoms. The van der Waals surface area contributed by atoms with Crippen molar-refractivity contribution >= 4 is 11.8 Å². The van der Waals surface area contributed by atoms with Crippen molar-refractivity contribution in [3.8, 4) is 0 Å². The average Bonchev–Trinajstić information content (AvgIpc) is 2.48. The molecule has 0 bridgehead atoms. The molecule has 1 aliphatic carbocycles. The maximum Gasteiger partial charge on any atom is 0.339 e. The maximum atomic E-state index is 11.4. The second-order valence-electron chi connectivity index (χ2n) is 5.81. The second kappa shape index (κ2) is 6.85. The molecular weight excluding hydrogens is 270 g/mol. The summed E-state index contributed by atoms with van der Waals surface area (Å²) < 4.78 is 0. The summed E-state index contributed by atoms with van der Waals surface area (Å²) in [6.45, 7) is 4.32. The van der Waals surface area contributed by atoms with Crippen LogP contribution in [-0.2, 0) is 0 Å². The third kappa shape index (κ3) is 3.50. The monoisotopic (exact) mass is 293 g/mol. The van der Waals surface area contributed by atoms with Crippen molar-refractivity contribution < 1.29 is 15.0 Å². The fraction of sp³-hybridized carbons (Fsp3) is 0.667. The molecule has 1 aromatic rings. The van der Waals surface area contributed by atoms with Crippen molar-refractivity contribution in [2.24, 2.45) is 11.8 Å². The molecule has 3 N–H and O–H groups in total. The molecule has 2 rings (SSSR count). The zero-order valence-electron chi connectivity index (χ0n) is 12.6. The molecule has 116 valence electrons. The summed E-state index contributed by atoms with van der Waals surface area (Å²) in [5, 5.41) is 29.9. The maximum absolute atomic E-state index is 11.4. The quantitative estimate of drug-likeness (QED) is 0.768. The lowest BCUT2D eigenvalue weighted by molar-refractivity contribution is 0.0696. The fourth-order valence-electron chi connectivity index (χ4n) is 3.02. The Morgan fingerprint density at radius 1 is 1.24 bits per heavy atom. The topological polar surface area (TPSA) is 95.3 Å². The molecule has 21 heavy (non-hydrogen) atoms. The molecule has 2 atom stereocenters. The van der Waals surface area contributed by atoms with Crippen LogP contribution in [0.1, 0.15) is 47.3 Å². The Bertz CT molecular complexity index is 519. The summed E-state index contributed by atoms with van der Waals surface area (Å²) in [5.41, 5.74) is 1.46. The number of rotatable bonds is 5. The third-order valence-electron chi connectivity index (χ3n) is 4.50. The average molecular weight is 293 g/mol. The van der Waals surface area contributed by atoms with Crippen LogP contribution in [0, 0.1) is 25.7 Å². The van der Waals surface area contributed by atoms with Gasteiger partial charge in [-0.05, 0) is 44.1 Å².